The van der Waals surface area contributed by atoms with E-state index in [1.54, 1.807) is 50.7 Å². The van der Waals surface area contributed by atoms with E-state index in [1.807, 2.05) is 26.8 Å². The Morgan fingerprint density at radius 3 is 2.34 bits per heavy atom. The number of ether oxygens (including phenoxy) is 1. The number of nitrogens with one attached hydrogen (secondary N) is 1. The van der Waals surface area contributed by atoms with E-state index < -0.39 is 11.4 Å². The molecule has 0 radical (unpaired) electrons. The smallest absolute Gasteiger partial charge is 0.252 e. The summed E-state index contributed by atoms with van der Waals surface area (Å²) in [5, 5.41) is 3.09. The normalized spacial score (nSPS) is 16.7. The summed E-state index contributed by atoms with van der Waals surface area (Å²) in [7, 11) is 1.56. The molecule has 0 aliphatic heterocycles. The summed E-state index contributed by atoms with van der Waals surface area (Å²) in [4.78, 5) is 28.2. The number of aryl methyl sites for hydroxylation is 1. The Morgan fingerprint density at radius 1 is 1.02 bits per heavy atom. The minimum Gasteiger partial charge on any atom is -0.496 e. The molecule has 0 unspecified atom stereocenters. The Bertz CT molecular complexity index is 1830. The SMILES string of the molecule is C=C1CCC(C2=CC=C(F)CC2)=C(C(=O)NCCCCCCCC)C1=C(F)C(=CC)c1cc(C(N)=NC(CC)(CC)c2ncccn2)c(OC)cc1C. The first-order valence-corrected chi connectivity index (χ1v) is 19.2. The van der Waals surface area contributed by atoms with Crippen molar-refractivity contribution in [3.63, 3.8) is 0 Å². The van der Waals surface area contributed by atoms with E-state index in [-0.39, 0.29) is 35.1 Å². The van der Waals surface area contributed by atoms with Crippen molar-refractivity contribution in [2.75, 3.05) is 13.7 Å². The average Bonchev–Trinajstić information content (AvgIpc) is 3.17. The fourth-order valence-corrected chi connectivity index (χ4v) is 7.23. The maximum atomic E-state index is 17.5. The van der Waals surface area contributed by atoms with Gasteiger partial charge in [0.15, 0.2) is 5.82 Å². The van der Waals surface area contributed by atoms with Gasteiger partial charge in [-0.3, -0.25) is 9.79 Å². The van der Waals surface area contributed by atoms with E-state index >= 15 is 4.39 Å². The molecule has 2 aliphatic carbocycles. The number of amidine groups is 1. The van der Waals surface area contributed by atoms with Crippen LogP contribution in [0.4, 0.5) is 8.78 Å². The summed E-state index contributed by atoms with van der Waals surface area (Å²) in [5.41, 5.74) is 10.7. The van der Waals surface area contributed by atoms with Crippen molar-refractivity contribution >= 4 is 17.3 Å². The minimum atomic E-state index is -0.775. The number of halogens is 2. The Hall–Kier alpha value is -4.66. The van der Waals surface area contributed by atoms with Gasteiger partial charge >= 0.3 is 0 Å². The largest absolute Gasteiger partial charge is 0.496 e. The van der Waals surface area contributed by atoms with Crippen LogP contribution in [0.15, 0.2) is 99.9 Å². The van der Waals surface area contributed by atoms with Gasteiger partial charge in [-0.25, -0.2) is 18.7 Å². The van der Waals surface area contributed by atoms with E-state index in [1.165, 1.54) is 25.3 Å². The summed E-state index contributed by atoms with van der Waals surface area (Å²) < 4.78 is 37.4. The lowest BCUT2D eigenvalue weighted by molar-refractivity contribution is -0.117. The van der Waals surface area contributed by atoms with Gasteiger partial charge in [-0.15, -0.1) is 0 Å². The van der Waals surface area contributed by atoms with Crippen molar-refractivity contribution in [1.29, 1.82) is 0 Å². The Balaban J connectivity index is 1.84. The summed E-state index contributed by atoms with van der Waals surface area (Å²) in [6.45, 7) is 14.6. The molecule has 1 heterocycles. The van der Waals surface area contributed by atoms with Gasteiger partial charge in [0.2, 0.25) is 0 Å². The van der Waals surface area contributed by atoms with Crippen molar-refractivity contribution in [2.45, 2.75) is 117 Å². The second-order valence-corrected chi connectivity index (χ2v) is 13.9. The van der Waals surface area contributed by atoms with E-state index in [9.17, 15) is 9.18 Å². The number of hydrogen-bond acceptors (Lipinski definition) is 5. The van der Waals surface area contributed by atoms with E-state index in [2.05, 4.69) is 28.8 Å². The van der Waals surface area contributed by atoms with Crippen LogP contribution in [0.5, 0.6) is 5.75 Å². The molecule has 0 atom stereocenters. The zero-order valence-corrected chi connectivity index (χ0v) is 32.5. The third-order valence-corrected chi connectivity index (χ3v) is 10.5. The Labute approximate surface area is 315 Å². The van der Waals surface area contributed by atoms with Crippen LogP contribution < -0.4 is 15.8 Å². The minimum absolute atomic E-state index is 0.186. The van der Waals surface area contributed by atoms with Crippen LogP contribution >= 0.6 is 0 Å². The fraction of sp³-hybridized carbons (Fsp3) is 0.455. The number of aliphatic imine (C=N–C) groups is 1. The molecule has 1 aromatic heterocycles. The molecule has 9 heteroatoms. The molecule has 0 fully saturated rings. The summed E-state index contributed by atoms with van der Waals surface area (Å²) in [6.07, 6.45) is 17.6. The molecule has 0 spiro atoms. The predicted molar refractivity (Wildman–Crippen MR) is 213 cm³/mol. The maximum Gasteiger partial charge on any atom is 0.252 e. The highest BCUT2D eigenvalue weighted by molar-refractivity contribution is 6.04. The van der Waals surface area contributed by atoms with Crippen LogP contribution in [0.1, 0.15) is 127 Å². The van der Waals surface area contributed by atoms with E-state index in [4.69, 9.17) is 15.5 Å². The highest BCUT2D eigenvalue weighted by atomic mass is 19.1. The molecule has 53 heavy (non-hydrogen) atoms. The molecule has 2 aliphatic rings. The van der Waals surface area contributed by atoms with Gasteiger partial charge < -0.3 is 15.8 Å². The molecule has 2 aromatic rings. The van der Waals surface area contributed by atoms with Crippen LogP contribution in [-0.2, 0) is 10.3 Å². The molecule has 0 saturated heterocycles. The number of carbonyl (C=O) groups excluding carboxylic acids is 1. The lowest BCUT2D eigenvalue weighted by Crippen LogP contribution is -2.30. The third kappa shape index (κ3) is 9.67. The summed E-state index contributed by atoms with van der Waals surface area (Å²) in [5.74, 6) is 0.174. The van der Waals surface area contributed by atoms with Crippen molar-refractivity contribution in [3.8, 4) is 5.75 Å². The number of benzene rings is 1. The number of hydrogen-bond donors (Lipinski definition) is 2. The van der Waals surface area contributed by atoms with Gasteiger partial charge in [0.25, 0.3) is 5.91 Å². The molecule has 0 bridgehead atoms. The number of amides is 1. The number of carbonyl (C=O) groups is 1. The lowest BCUT2D eigenvalue weighted by Gasteiger charge is -2.28. The summed E-state index contributed by atoms with van der Waals surface area (Å²) in [6, 6.07) is 5.39. The number of rotatable bonds is 17. The van der Waals surface area contributed by atoms with Crippen LogP contribution in [-0.4, -0.2) is 35.4 Å². The first kappa shape index (κ1) is 41.1. The Morgan fingerprint density at radius 2 is 1.72 bits per heavy atom. The molecule has 1 amide bonds. The number of nitrogens with two attached hydrogens (primary N) is 1. The van der Waals surface area contributed by atoms with E-state index in [0.717, 1.165) is 36.0 Å². The molecule has 3 N–H and O–H groups in total. The Kier molecular flexibility index (Phi) is 15.1. The third-order valence-electron chi connectivity index (χ3n) is 10.5. The second-order valence-electron chi connectivity index (χ2n) is 13.9. The highest BCUT2D eigenvalue weighted by Gasteiger charge is 2.34. The van der Waals surface area contributed by atoms with Crippen LogP contribution in [0.3, 0.4) is 0 Å². The summed E-state index contributed by atoms with van der Waals surface area (Å²) >= 11 is 0. The number of nitrogens with zero attached hydrogens (tertiary/aromatic N) is 3. The number of allylic oxidation sites excluding steroid dienone is 9. The fourth-order valence-electron chi connectivity index (χ4n) is 7.23. The lowest BCUT2D eigenvalue weighted by atomic mass is 9.77. The average molecular weight is 726 g/mol. The maximum absolute atomic E-state index is 17.5. The van der Waals surface area contributed by atoms with Crippen LogP contribution in [0.2, 0.25) is 0 Å². The molecule has 0 saturated carbocycles. The highest BCUT2D eigenvalue weighted by Crippen LogP contribution is 2.44. The monoisotopic (exact) mass is 725 g/mol. The van der Waals surface area contributed by atoms with Gasteiger partial charge in [0.05, 0.1) is 18.2 Å². The van der Waals surface area contributed by atoms with E-state index in [0.29, 0.717) is 72.5 Å². The number of unbranched alkanes of at least 4 members (excludes halogenated alkanes) is 5. The molecular weight excluding hydrogens is 669 g/mol. The first-order chi connectivity index (χ1) is 25.5. The van der Waals surface area contributed by atoms with Gasteiger partial charge in [-0.1, -0.05) is 71.6 Å². The van der Waals surface area contributed by atoms with Gasteiger partial charge in [-0.2, -0.15) is 0 Å². The van der Waals surface area contributed by atoms with Gasteiger partial charge in [0.1, 0.15) is 28.8 Å². The standard InChI is InChI=1S/C44H57F2N5O2/c1-8-12-13-14-15-16-24-48-42(52)39-34(31-19-21-32(45)22-20-31)23-18-29(5)38(39)40(46)33(9-2)35-28-36(37(53-7)27-30(35)6)41(47)51-44(10-3,11-4)43-49-25-17-26-50-43/h9,17,19,21,25-28H,5,8,10-16,18,20,22-24H2,1-4,6-7H3,(H2,47,51)(H,48,52). The quantitative estimate of drug-likeness (QED) is 0.0960. The number of aromatic nitrogens is 2. The van der Waals surface area contributed by atoms with Crippen LogP contribution in [0.25, 0.3) is 5.57 Å². The van der Waals surface area contributed by atoms with Crippen LogP contribution in [0, 0.1) is 6.92 Å². The zero-order valence-electron chi connectivity index (χ0n) is 32.5. The molecule has 284 valence electrons. The first-order valence-electron chi connectivity index (χ1n) is 19.2. The molecule has 4 rings (SSSR count). The second kappa shape index (κ2) is 19.4. The van der Waals surface area contributed by atoms with Crippen molar-refractivity contribution in [2.24, 2.45) is 10.7 Å². The van der Waals surface area contributed by atoms with Gasteiger partial charge in [-0.05, 0) is 104 Å². The van der Waals surface area contributed by atoms with Crippen molar-refractivity contribution < 1.29 is 18.3 Å². The molecule has 1 aromatic carbocycles. The van der Waals surface area contributed by atoms with Crippen molar-refractivity contribution in [1.82, 2.24) is 15.3 Å². The topological polar surface area (TPSA) is 102 Å². The molecular formula is C44H57F2N5O2. The molecule has 7 nitrogen and oxygen atoms in total. The van der Waals surface area contributed by atoms with Crippen molar-refractivity contribution in [3.05, 3.63) is 117 Å². The zero-order chi connectivity index (χ0) is 38.5. The van der Waals surface area contributed by atoms with Gasteiger partial charge in [0, 0.05) is 36.5 Å². The number of methoxy groups -OCH3 is 1. The predicted octanol–water partition coefficient (Wildman–Crippen LogP) is 10.5.